The summed E-state index contributed by atoms with van der Waals surface area (Å²) in [5.41, 5.74) is 1.24. The van der Waals surface area contributed by atoms with Crippen molar-refractivity contribution in [1.29, 1.82) is 0 Å². The van der Waals surface area contributed by atoms with E-state index in [2.05, 4.69) is 10.6 Å². The van der Waals surface area contributed by atoms with Crippen LogP contribution < -0.4 is 10.6 Å². The van der Waals surface area contributed by atoms with Crippen molar-refractivity contribution in [3.63, 3.8) is 0 Å². The van der Waals surface area contributed by atoms with Gasteiger partial charge in [-0.25, -0.2) is 14.4 Å². The maximum atomic E-state index is 13.4. The van der Waals surface area contributed by atoms with Gasteiger partial charge in [-0.2, -0.15) is 0 Å². The van der Waals surface area contributed by atoms with Crippen LogP contribution >= 0.6 is 0 Å². The van der Waals surface area contributed by atoms with Crippen molar-refractivity contribution in [2.45, 2.75) is 103 Å². The number of benzene rings is 2. The highest BCUT2D eigenvalue weighted by Gasteiger charge is 2.32. The van der Waals surface area contributed by atoms with Crippen molar-refractivity contribution in [2.24, 2.45) is 11.8 Å². The van der Waals surface area contributed by atoms with Gasteiger partial charge in [0, 0.05) is 51.6 Å². The van der Waals surface area contributed by atoms with E-state index in [1.165, 1.54) is 6.92 Å². The van der Waals surface area contributed by atoms with Gasteiger partial charge in [0.15, 0.2) is 0 Å². The van der Waals surface area contributed by atoms with Crippen LogP contribution in [0.2, 0.25) is 0 Å². The molecule has 14 nitrogen and oxygen atoms in total. The molecule has 2 aromatic rings. The highest BCUT2D eigenvalue weighted by atomic mass is 16.8. The van der Waals surface area contributed by atoms with Gasteiger partial charge in [0.05, 0.1) is 5.92 Å². The molecule has 1 saturated carbocycles. The smallest absolute Gasteiger partial charge is 0.445 e. The zero-order valence-corrected chi connectivity index (χ0v) is 31.7. The van der Waals surface area contributed by atoms with Gasteiger partial charge in [0.25, 0.3) is 5.91 Å². The number of rotatable bonds is 14. The van der Waals surface area contributed by atoms with Gasteiger partial charge >= 0.3 is 18.2 Å². The molecular formula is C41H54N4O10. The molecule has 0 radical (unpaired) electrons. The van der Waals surface area contributed by atoms with Crippen LogP contribution in [0.1, 0.15) is 93.5 Å². The van der Waals surface area contributed by atoms with Gasteiger partial charge in [0.2, 0.25) is 18.1 Å². The largest absolute Gasteiger partial charge is 0.511 e. The zero-order valence-electron chi connectivity index (χ0n) is 31.7. The molecule has 0 spiro atoms. The van der Waals surface area contributed by atoms with Gasteiger partial charge in [-0.3, -0.25) is 14.4 Å². The first kappa shape index (κ1) is 41.0. The fourth-order valence-corrected chi connectivity index (χ4v) is 7.24. The summed E-state index contributed by atoms with van der Waals surface area (Å²) in [6.07, 6.45) is 5.55. The van der Waals surface area contributed by atoms with Crippen LogP contribution in [-0.2, 0) is 39.9 Å². The van der Waals surface area contributed by atoms with Crippen LogP contribution in [0.3, 0.4) is 0 Å². The molecule has 2 N–H and O–H groups in total. The summed E-state index contributed by atoms with van der Waals surface area (Å²) < 4.78 is 21.3. The number of nitrogens with one attached hydrogen (secondary N) is 2. The summed E-state index contributed by atoms with van der Waals surface area (Å²) in [5.74, 6) is -2.01. The lowest BCUT2D eigenvalue weighted by Gasteiger charge is -2.34. The molecule has 2 saturated heterocycles. The number of esters is 1. The number of carbonyl (C=O) groups is 6. The highest BCUT2D eigenvalue weighted by Crippen LogP contribution is 2.25. The molecule has 55 heavy (non-hydrogen) atoms. The molecule has 298 valence electrons. The van der Waals surface area contributed by atoms with Crippen molar-refractivity contribution < 1.29 is 47.7 Å². The summed E-state index contributed by atoms with van der Waals surface area (Å²) in [7, 11) is 0. The lowest BCUT2D eigenvalue weighted by Crippen LogP contribution is -2.52. The first-order chi connectivity index (χ1) is 26.6. The predicted molar refractivity (Wildman–Crippen MR) is 200 cm³/mol. The number of hydrogen-bond donors (Lipinski definition) is 2. The molecule has 14 heteroatoms. The molecule has 0 aromatic heterocycles. The van der Waals surface area contributed by atoms with Crippen LogP contribution in [0.15, 0.2) is 60.7 Å². The number of likely N-dealkylation sites (tertiary alicyclic amines) is 2. The van der Waals surface area contributed by atoms with Crippen molar-refractivity contribution in [1.82, 2.24) is 20.4 Å². The molecule has 5 rings (SSSR count). The third kappa shape index (κ3) is 13.3. The Hall–Kier alpha value is -5.14. The Balaban J connectivity index is 1.06. The summed E-state index contributed by atoms with van der Waals surface area (Å²) in [4.78, 5) is 81.2. The average Bonchev–Trinajstić information content (AvgIpc) is 3.21. The van der Waals surface area contributed by atoms with E-state index in [1.54, 1.807) is 40.1 Å². The first-order valence-electron chi connectivity index (χ1n) is 19.6. The maximum absolute atomic E-state index is 13.4. The maximum Gasteiger partial charge on any atom is 0.511 e. The van der Waals surface area contributed by atoms with Crippen LogP contribution in [0, 0.1) is 11.8 Å². The lowest BCUT2D eigenvalue weighted by atomic mass is 9.91. The second-order valence-electron chi connectivity index (χ2n) is 14.6. The highest BCUT2D eigenvalue weighted by molar-refractivity contribution is 5.97. The molecule has 3 fully saturated rings. The Morgan fingerprint density at radius 3 is 2.18 bits per heavy atom. The van der Waals surface area contributed by atoms with E-state index in [1.807, 2.05) is 30.3 Å². The molecule has 1 aliphatic carbocycles. The van der Waals surface area contributed by atoms with Crippen molar-refractivity contribution in [2.75, 3.05) is 32.7 Å². The fraction of sp³-hybridized carbons (Fsp3) is 0.561. The monoisotopic (exact) mass is 762 g/mol. The summed E-state index contributed by atoms with van der Waals surface area (Å²) in [6, 6.07) is 16.5. The molecular weight excluding hydrogens is 708 g/mol. The summed E-state index contributed by atoms with van der Waals surface area (Å²) >= 11 is 0. The molecule has 0 bridgehead atoms. The number of amides is 4. The lowest BCUT2D eigenvalue weighted by molar-refractivity contribution is -0.171. The number of carbonyl (C=O) groups excluding carboxylic acids is 6. The Morgan fingerprint density at radius 1 is 0.782 bits per heavy atom. The van der Waals surface area contributed by atoms with Crippen LogP contribution in [0.4, 0.5) is 9.59 Å². The minimum atomic E-state index is -1.30. The average molecular weight is 763 g/mol. The van der Waals surface area contributed by atoms with E-state index >= 15 is 0 Å². The van der Waals surface area contributed by atoms with Gasteiger partial charge < -0.3 is 39.4 Å². The Morgan fingerprint density at radius 2 is 1.47 bits per heavy atom. The van der Waals surface area contributed by atoms with E-state index < -0.39 is 36.3 Å². The summed E-state index contributed by atoms with van der Waals surface area (Å²) in [6.45, 7) is 3.28. The number of ether oxygens (including phenoxy) is 4. The van der Waals surface area contributed by atoms with E-state index in [-0.39, 0.29) is 43.7 Å². The fourth-order valence-electron chi connectivity index (χ4n) is 7.24. The Labute approximate surface area is 322 Å². The Bertz CT molecular complexity index is 1580. The molecule has 2 aliphatic heterocycles. The second-order valence-corrected chi connectivity index (χ2v) is 14.6. The quantitative estimate of drug-likeness (QED) is 0.146. The second kappa shape index (κ2) is 21.1. The minimum absolute atomic E-state index is 0.0187. The Kier molecular flexibility index (Phi) is 15.7. The van der Waals surface area contributed by atoms with Crippen molar-refractivity contribution >= 4 is 35.9 Å². The standard InChI is InChI=1S/C41H54N4O10/c1-29(54-41(51)55-34-17-9-4-10-18-34)53-39(49)35(43-38(48)32-14-7-3-8-15-32)26-42-37(47)33-16-11-23-45(27-33)36(46)20-19-30-21-24-44(25-22-30)40(50)52-28-31-12-5-2-6-13-31/h2-3,5-8,12-15,29-30,33-35H,4,9-11,16-28H2,1H3,(H,42,47)(H,43,48)/t29?,33-,35+/m1/s1. The van der Waals surface area contributed by atoms with E-state index in [0.717, 1.165) is 50.5 Å². The molecule has 4 amide bonds. The number of piperidine rings is 2. The van der Waals surface area contributed by atoms with Gasteiger partial charge in [-0.1, -0.05) is 55.0 Å². The van der Waals surface area contributed by atoms with Gasteiger partial charge in [0.1, 0.15) is 18.8 Å². The SMILES string of the molecule is CC(OC(=O)OC1CCCCC1)OC(=O)[C@H](CNC(=O)[C@@H]1CCCN(C(=O)CCC2CCN(C(=O)OCc3ccccc3)CC2)C1)NC(=O)c1ccccc1. The molecule has 3 atom stereocenters. The topological polar surface area (TPSA) is 170 Å². The van der Waals surface area contributed by atoms with Gasteiger partial charge in [-0.15, -0.1) is 0 Å². The first-order valence-corrected chi connectivity index (χ1v) is 19.6. The van der Waals surface area contributed by atoms with E-state index in [4.69, 9.17) is 18.9 Å². The molecule has 1 unspecified atom stereocenters. The third-order valence-corrected chi connectivity index (χ3v) is 10.5. The molecule has 2 heterocycles. The van der Waals surface area contributed by atoms with Crippen molar-refractivity contribution in [3.8, 4) is 0 Å². The predicted octanol–water partition coefficient (Wildman–Crippen LogP) is 5.34. The minimum Gasteiger partial charge on any atom is -0.445 e. The normalized spacial score (nSPS) is 19.0. The van der Waals surface area contributed by atoms with Crippen LogP contribution in [0.25, 0.3) is 0 Å². The molecule has 3 aliphatic rings. The molecule has 2 aromatic carbocycles. The van der Waals surface area contributed by atoms with Crippen LogP contribution in [0.5, 0.6) is 0 Å². The number of hydrogen-bond acceptors (Lipinski definition) is 10. The van der Waals surface area contributed by atoms with E-state index in [9.17, 15) is 28.8 Å². The summed E-state index contributed by atoms with van der Waals surface area (Å²) in [5, 5.41) is 5.39. The third-order valence-electron chi connectivity index (χ3n) is 10.5. The van der Waals surface area contributed by atoms with Crippen molar-refractivity contribution in [3.05, 3.63) is 71.8 Å². The van der Waals surface area contributed by atoms with Gasteiger partial charge in [-0.05, 0) is 81.4 Å². The zero-order chi connectivity index (χ0) is 39.0. The van der Waals surface area contributed by atoms with Crippen LogP contribution in [-0.4, -0.2) is 96.9 Å². The number of nitrogens with zero attached hydrogens (tertiary/aromatic N) is 2. The van der Waals surface area contributed by atoms with E-state index in [0.29, 0.717) is 56.8 Å².